The molecule has 1 aromatic heterocycles. The molecule has 1 saturated heterocycles. The number of amides is 4. The molecule has 0 saturated carbocycles. The molecule has 0 bridgehead atoms. The highest BCUT2D eigenvalue weighted by molar-refractivity contribution is 7.09. The SMILES string of the molecule is CC(C)N(C)C(=O)N[C@@H](CCN1CCOCC1)C(=O)N[C@H](CC[C@@H](Cc1ccccc1)NC(=O)OCc1cncs1)Cc1ccccc1. The number of aromatic nitrogens is 1. The Hall–Kier alpha value is -4.00. The Bertz CT molecular complexity index is 1370. The van der Waals surface area contributed by atoms with Gasteiger partial charge in [-0.2, -0.15) is 0 Å². The van der Waals surface area contributed by atoms with Crippen molar-refractivity contribution in [3.63, 3.8) is 0 Å². The number of carbonyl (C=O) groups is 3. The van der Waals surface area contributed by atoms with Gasteiger partial charge in [-0.05, 0) is 57.1 Å². The van der Waals surface area contributed by atoms with Gasteiger partial charge in [0.05, 0.1) is 23.6 Å². The van der Waals surface area contributed by atoms with E-state index >= 15 is 0 Å². The van der Waals surface area contributed by atoms with Crippen LogP contribution in [0.5, 0.6) is 0 Å². The molecular formula is C36H50N6O5S. The second-order valence-electron chi connectivity index (χ2n) is 12.5. The third-order valence-electron chi connectivity index (χ3n) is 8.56. The first-order valence-electron chi connectivity index (χ1n) is 16.8. The van der Waals surface area contributed by atoms with Gasteiger partial charge in [0.25, 0.3) is 0 Å². The van der Waals surface area contributed by atoms with Crippen molar-refractivity contribution in [2.45, 2.75) is 76.7 Å². The average molecular weight is 679 g/mol. The number of benzene rings is 2. The van der Waals surface area contributed by atoms with Crippen molar-refractivity contribution in [2.24, 2.45) is 0 Å². The number of nitrogens with zero attached hydrogens (tertiary/aromatic N) is 3. The maximum atomic E-state index is 14.0. The molecule has 4 rings (SSSR count). The fourth-order valence-corrected chi connectivity index (χ4v) is 6.01. The molecule has 0 spiro atoms. The summed E-state index contributed by atoms with van der Waals surface area (Å²) in [5.74, 6) is -0.216. The zero-order valence-electron chi connectivity index (χ0n) is 28.3. The van der Waals surface area contributed by atoms with E-state index in [0.717, 1.165) is 29.1 Å². The monoisotopic (exact) mass is 678 g/mol. The lowest BCUT2D eigenvalue weighted by atomic mass is 9.95. The van der Waals surface area contributed by atoms with Crippen LogP contribution in [0.2, 0.25) is 0 Å². The van der Waals surface area contributed by atoms with Crippen LogP contribution in [0.25, 0.3) is 0 Å². The molecule has 48 heavy (non-hydrogen) atoms. The van der Waals surface area contributed by atoms with E-state index in [1.807, 2.05) is 74.5 Å². The van der Waals surface area contributed by atoms with Gasteiger partial charge < -0.3 is 30.3 Å². The number of hydrogen-bond donors (Lipinski definition) is 3. The predicted molar refractivity (Wildman–Crippen MR) is 188 cm³/mol. The Morgan fingerprint density at radius 3 is 2.06 bits per heavy atom. The first kappa shape index (κ1) is 36.8. The normalized spacial score (nSPS) is 15.2. The van der Waals surface area contributed by atoms with Gasteiger partial charge in [-0.25, -0.2) is 9.59 Å². The third-order valence-corrected chi connectivity index (χ3v) is 9.31. The van der Waals surface area contributed by atoms with Crippen LogP contribution in [0.4, 0.5) is 9.59 Å². The highest BCUT2D eigenvalue weighted by Gasteiger charge is 2.27. The molecule has 2 heterocycles. The van der Waals surface area contributed by atoms with Crippen LogP contribution in [-0.4, -0.2) is 96.9 Å². The molecule has 3 atom stereocenters. The minimum absolute atomic E-state index is 0.0125. The summed E-state index contributed by atoms with van der Waals surface area (Å²) in [5.41, 5.74) is 3.89. The van der Waals surface area contributed by atoms with E-state index < -0.39 is 12.1 Å². The summed E-state index contributed by atoms with van der Waals surface area (Å²) in [6, 6.07) is 18.6. The van der Waals surface area contributed by atoms with E-state index in [1.165, 1.54) is 11.3 Å². The largest absolute Gasteiger partial charge is 0.444 e. The quantitative estimate of drug-likeness (QED) is 0.190. The molecule has 12 heteroatoms. The third kappa shape index (κ3) is 12.9. The number of ether oxygens (including phenoxy) is 2. The molecule has 1 fully saturated rings. The molecule has 0 aliphatic carbocycles. The van der Waals surface area contributed by atoms with E-state index in [2.05, 4.69) is 25.8 Å². The number of rotatable bonds is 17. The minimum Gasteiger partial charge on any atom is -0.444 e. The number of hydrogen-bond acceptors (Lipinski definition) is 8. The van der Waals surface area contributed by atoms with Gasteiger partial charge in [0.1, 0.15) is 12.6 Å². The summed E-state index contributed by atoms with van der Waals surface area (Å²) in [5, 5.41) is 9.34. The smallest absolute Gasteiger partial charge is 0.407 e. The Kier molecular flexibility index (Phi) is 15.1. The summed E-state index contributed by atoms with van der Waals surface area (Å²) in [7, 11) is 1.73. The highest BCUT2D eigenvalue weighted by Crippen LogP contribution is 2.15. The van der Waals surface area contributed by atoms with E-state index in [4.69, 9.17) is 9.47 Å². The molecule has 2 aromatic carbocycles. The minimum atomic E-state index is -0.709. The number of carbonyl (C=O) groups excluding carboxylic acids is 3. The van der Waals surface area contributed by atoms with Crippen molar-refractivity contribution in [1.82, 2.24) is 30.7 Å². The number of morpholine rings is 1. The van der Waals surface area contributed by atoms with Crippen molar-refractivity contribution < 1.29 is 23.9 Å². The lowest BCUT2D eigenvalue weighted by Gasteiger charge is -2.31. The molecule has 1 aliphatic heterocycles. The Morgan fingerprint density at radius 1 is 0.896 bits per heavy atom. The Morgan fingerprint density at radius 2 is 1.50 bits per heavy atom. The molecule has 3 N–H and O–H groups in total. The van der Waals surface area contributed by atoms with E-state index in [0.29, 0.717) is 51.9 Å². The van der Waals surface area contributed by atoms with Crippen LogP contribution in [0.15, 0.2) is 72.4 Å². The van der Waals surface area contributed by atoms with E-state index in [9.17, 15) is 14.4 Å². The first-order valence-corrected chi connectivity index (χ1v) is 17.7. The van der Waals surface area contributed by atoms with Gasteiger partial charge in [0, 0.05) is 51.0 Å². The highest BCUT2D eigenvalue weighted by atomic mass is 32.1. The van der Waals surface area contributed by atoms with Crippen LogP contribution in [-0.2, 0) is 33.7 Å². The summed E-state index contributed by atoms with van der Waals surface area (Å²) < 4.78 is 11.0. The van der Waals surface area contributed by atoms with Gasteiger partial charge in [-0.3, -0.25) is 14.7 Å². The number of thiazole rings is 1. The van der Waals surface area contributed by atoms with Gasteiger partial charge in [-0.15, -0.1) is 11.3 Å². The molecular weight excluding hydrogens is 629 g/mol. The maximum absolute atomic E-state index is 14.0. The zero-order valence-corrected chi connectivity index (χ0v) is 29.1. The summed E-state index contributed by atoms with van der Waals surface area (Å²) in [4.78, 5) is 48.7. The predicted octanol–water partition coefficient (Wildman–Crippen LogP) is 4.63. The van der Waals surface area contributed by atoms with Gasteiger partial charge in [0.15, 0.2) is 0 Å². The van der Waals surface area contributed by atoms with Gasteiger partial charge >= 0.3 is 12.1 Å². The molecule has 0 radical (unpaired) electrons. The maximum Gasteiger partial charge on any atom is 0.407 e. The lowest BCUT2D eigenvalue weighted by Crippen LogP contribution is -2.54. The number of urea groups is 1. The molecule has 0 unspecified atom stereocenters. The first-order chi connectivity index (χ1) is 23.3. The Balaban J connectivity index is 1.46. The van der Waals surface area contributed by atoms with Gasteiger partial charge in [-0.1, -0.05) is 60.7 Å². The second kappa shape index (κ2) is 19.7. The van der Waals surface area contributed by atoms with Gasteiger partial charge in [0.2, 0.25) is 5.91 Å². The van der Waals surface area contributed by atoms with Crippen LogP contribution in [0.1, 0.15) is 49.1 Å². The van der Waals surface area contributed by atoms with E-state index in [-0.39, 0.29) is 36.7 Å². The van der Waals surface area contributed by atoms with Crippen LogP contribution in [0.3, 0.4) is 0 Å². The molecule has 260 valence electrons. The standard InChI is InChI=1S/C36H50N6O5S/c1-27(2)41(3)35(44)40-33(16-17-42-18-20-46-21-19-42)34(43)38-30(22-28-10-6-4-7-11-28)14-15-31(23-29-12-8-5-9-13-29)39-36(45)47-25-32-24-37-26-48-32/h4-13,24,26-27,30-31,33H,14-23,25H2,1-3H3,(H,38,43)(H,39,45)(H,40,44)/t30-,31+,33+/m1/s1. The van der Waals surface area contributed by atoms with Crippen molar-refractivity contribution in [3.05, 3.63) is 88.4 Å². The fraction of sp³-hybridized carbons (Fsp3) is 0.500. The molecule has 11 nitrogen and oxygen atoms in total. The van der Waals surface area contributed by atoms with Crippen LogP contribution < -0.4 is 16.0 Å². The zero-order chi connectivity index (χ0) is 34.1. The topological polar surface area (TPSA) is 125 Å². The van der Waals surface area contributed by atoms with Crippen molar-refractivity contribution >= 4 is 29.4 Å². The fourth-order valence-electron chi connectivity index (χ4n) is 5.50. The molecule has 4 amide bonds. The summed E-state index contributed by atoms with van der Waals surface area (Å²) >= 11 is 1.43. The van der Waals surface area contributed by atoms with Crippen molar-refractivity contribution in [1.29, 1.82) is 0 Å². The van der Waals surface area contributed by atoms with E-state index in [1.54, 1.807) is 23.7 Å². The Labute approximate surface area is 288 Å². The number of alkyl carbamates (subject to hydrolysis) is 1. The lowest BCUT2D eigenvalue weighted by molar-refractivity contribution is -0.124. The number of nitrogens with one attached hydrogen (secondary N) is 3. The molecule has 1 aliphatic rings. The van der Waals surface area contributed by atoms with Crippen LogP contribution in [0, 0.1) is 0 Å². The summed E-state index contributed by atoms with van der Waals surface area (Å²) in [6.07, 6.45) is 4.10. The molecule has 3 aromatic rings. The van der Waals surface area contributed by atoms with Crippen molar-refractivity contribution in [2.75, 3.05) is 39.9 Å². The second-order valence-corrected chi connectivity index (χ2v) is 13.5. The average Bonchev–Trinajstić information content (AvgIpc) is 3.63. The van der Waals surface area contributed by atoms with Crippen LogP contribution >= 0.6 is 11.3 Å². The van der Waals surface area contributed by atoms with Crippen molar-refractivity contribution in [3.8, 4) is 0 Å². The summed E-state index contributed by atoms with van der Waals surface area (Å²) in [6.45, 7) is 7.63.